The van der Waals surface area contributed by atoms with E-state index in [1.807, 2.05) is 0 Å². The third-order valence-electron chi connectivity index (χ3n) is 3.43. The molecular weight excluding hydrogens is 200 g/mol. The van der Waals surface area contributed by atoms with Gasteiger partial charge in [0.25, 0.3) is 0 Å². The van der Waals surface area contributed by atoms with Crippen molar-refractivity contribution in [3.05, 3.63) is 23.3 Å². The summed E-state index contributed by atoms with van der Waals surface area (Å²) in [6.07, 6.45) is 5.16. The van der Waals surface area contributed by atoms with Crippen molar-refractivity contribution in [2.45, 2.75) is 51.7 Å². The third kappa shape index (κ3) is 1.57. The maximum Gasteiger partial charge on any atom is 0.126 e. The van der Waals surface area contributed by atoms with Crippen molar-refractivity contribution in [2.24, 2.45) is 0 Å². The Hall–Kier alpha value is -1.18. The third-order valence-corrected chi connectivity index (χ3v) is 3.43. The van der Waals surface area contributed by atoms with E-state index in [4.69, 9.17) is 9.47 Å². The maximum absolute atomic E-state index is 5.93. The Morgan fingerprint density at radius 1 is 1.12 bits per heavy atom. The van der Waals surface area contributed by atoms with Crippen LogP contribution in [0, 0.1) is 0 Å². The first-order valence-corrected chi connectivity index (χ1v) is 6.25. The predicted octanol–water partition coefficient (Wildman–Crippen LogP) is 3.11. The zero-order valence-electron chi connectivity index (χ0n) is 9.95. The summed E-state index contributed by atoms with van der Waals surface area (Å²) in [4.78, 5) is 0. The van der Waals surface area contributed by atoms with Gasteiger partial charge in [0.05, 0.1) is 0 Å². The smallest absolute Gasteiger partial charge is 0.126 e. The quantitative estimate of drug-likeness (QED) is 0.759. The molecule has 86 valence electrons. The standard InChI is InChI=1S/C14H18O2/c1-3-4-12-7-11-6-10-5-9(2)15-13(10)8-14(11)16-12/h6,8-9,12H,3-5,7H2,1-2H3. The second-order valence-electron chi connectivity index (χ2n) is 4.93. The van der Waals surface area contributed by atoms with Crippen LogP contribution in [0.25, 0.3) is 0 Å². The van der Waals surface area contributed by atoms with Crippen molar-refractivity contribution in [3.8, 4) is 11.5 Å². The van der Waals surface area contributed by atoms with Crippen LogP contribution in [0.4, 0.5) is 0 Å². The molecule has 0 amide bonds. The molecule has 0 aromatic heterocycles. The molecule has 2 aliphatic rings. The fraction of sp³-hybridized carbons (Fsp3) is 0.571. The molecule has 0 fully saturated rings. The van der Waals surface area contributed by atoms with Crippen molar-refractivity contribution in [1.82, 2.24) is 0 Å². The molecule has 0 radical (unpaired) electrons. The number of hydrogen-bond acceptors (Lipinski definition) is 2. The zero-order valence-corrected chi connectivity index (χ0v) is 9.95. The van der Waals surface area contributed by atoms with E-state index in [0.29, 0.717) is 12.2 Å². The lowest BCUT2D eigenvalue weighted by Crippen LogP contribution is -2.11. The summed E-state index contributed by atoms with van der Waals surface area (Å²) in [6, 6.07) is 4.37. The van der Waals surface area contributed by atoms with Gasteiger partial charge in [-0.3, -0.25) is 0 Å². The fourth-order valence-corrected chi connectivity index (χ4v) is 2.71. The van der Waals surface area contributed by atoms with Crippen LogP contribution in [-0.2, 0) is 12.8 Å². The van der Waals surface area contributed by atoms with Gasteiger partial charge in [-0.2, -0.15) is 0 Å². The van der Waals surface area contributed by atoms with Gasteiger partial charge < -0.3 is 9.47 Å². The van der Waals surface area contributed by atoms with Gasteiger partial charge in [0.15, 0.2) is 0 Å². The van der Waals surface area contributed by atoms with Gasteiger partial charge in [-0.25, -0.2) is 0 Å². The molecule has 1 aromatic carbocycles. The molecule has 1 aromatic rings. The maximum atomic E-state index is 5.93. The molecule has 3 rings (SSSR count). The summed E-state index contributed by atoms with van der Waals surface area (Å²) in [5.41, 5.74) is 2.72. The van der Waals surface area contributed by atoms with Crippen LogP contribution < -0.4 is 9.47 Å². The van der Waals surface area contributed by atoms with Crippen LogP contribution in [0.5, 0.6) is 11.5 Å². The average molecular weight is 218 g/mol. The summed E-state index contributed by atoms with van der Waals surface area (Å²) < 4.78 is 11.7. The van der Waals surface area contributed by atoms with E-state index in [2.05, 4.69) is 26.0 Å². The molecule has 2 nitrogen and oxygen atoms in total. The monoisotopic (exact) mass is 218 g/mol. The molecule has 2 heterocycles. The van der Waals surface area contributed by atoms with Crippen molar-refractivity contribution in [1.29, 1.82) is 0 Å². The van der Waals surface area contributed by atoms with E-state index in [1.54, 1.807) is 0 Å². The van der Waals surface area contributed by atoms with Crippen LogP contribution in [0.1, 0.15) is 37.8 Å². The first-order chi connectivity index (χ1) is 7.76. The topological polar surface area (TPSA) is 18.5 Å². The summed E-state index contributed by atoms with van der Waals surface area (Å²) in [7, 11) is 0. The average Bonchev–Trinajstić information content (AvgIpc) is 2.75. The first-order valence-electron chi connectivity index (χ1n) is 6.25. The highest BCUT2D eigenvalue weighted by atomic mass is 16.5. The summed E-state index contributed by atoms with van der Waals surface area (Å²) in [5, 5.41) is 0. The van der Waals surface area contributed by atoms with E-state index in [9.17, 15) is 0 Å². The Bertz CT molecular complexity index is 376. The number of fused-ring (bicyclic) bond motifs is 2. The lowest BCUT2D eigenvalue weighted by Gasteiger charge is -2.08. The van der Waals surface area contributed by atoms with Gasteiger partial charge in [0, 0.05) is 18.9 Å². The van der Waals surface area contributed by atoms with Gasteiger partial charge in [0.2, 0.25) is 0 Å². The fourth-order valence-electron chi connectivity index (χ4n) is 2.71. The number of benzene rings is 1. The molecule has 0 spiro atoms. The van der Waals surface area contributed by atoms with Crippen LogP contribution in [0.15, 0.2) is 12.1 Å². The Balaban J connectivity index is 1.86. The second-order valence-corrected chi connectivity index (χ2v) is 4.93. The molecule has 16 heavy (non-hydrogen) atoms. The molecule has 0 saturated carbocycles. The lowest BCUT2D eigenvalue weighted by molar-refractivity contribution is 0.217. The Labute approximate surface area is 96.6 Å². The number of rotatable bonds is 2. The van der Waals surface area contributed by atoms with E-state index >= 15 is 0 Å². The summed E-state index contributed by atoms with van der Waals surface area (Å²) >= 11 is 0. The SMILES string of the molecule is CCCC1Cc2cc3c(cc2O1)OC(C)C3. The molecule has 0 bridgehead atoms. The van der Waals surface area contributed by atoms with Gasteiger partial charge in [0.1, 0.15) is 23.7 Å². The Morgan fingerprint density at radius 3 is 2.69 bits per heavy atom. The number of ether oxygens (including phenoxy) is 2. The minimum absolute atomic E-state index is 0.323. The predicted molar refractivity (Wildman–Crippen MR) is 63.3 cm³/mol. The molecule has 0 saturated heterocycles. The van der Waals surface area contributed by atoms with Crippen LogP contribution in [-0.4, -0.2) is 12.2 Å². The van der Waals surface area contributed by atoms with Crippen molar-refractivity contribution >= 4 is 0 Å². The number of hydrogen-bond donors (Lipinski definition) is 0. The molecule has 0 N–H and O–H groups in total. The van der Waals surface area contributed by atoms with Gasteiger partial charge in [-0.05, 0) is 30.5 Å². The van der Waals surface area contributed by atoms with Crippen molar-refractivity contribution < 1.29 is 9.47 Å². The van der Waals surface area contributed by atoms with Gasteiger partial charge in [-0.1, -0.05) is 13.3 Å². The second kappa shape index (κ2) is 3.69. The molecule has 2 heteroatoms. The van der Waals surface area contributed by atoms with E-state index in [-0.39, 0.29) is 0 Å². The van der Waals surface area contributed by atoms with Gasteiger partial charge in [-0.15, -0.1) is 0 Å². The van der Waals surface area contributed by atoms with Crippen LogP contribution in [0.2, 0.25) is 0 Å². The lowest BCUT2D eigenvalue weighted by atomic mass is 10.0. The van der Waals surface area contributed by atoms with E-state index in [0.717, 1.165) is 30.8 Å². The molecule has 2 aliphatic heterocycles. The zero-order chi connectivity index (χ0) is 11.1. The van der Waals surface area contributed by atoms with Crippen LogP contribution in [0.3, 0.4) is 0 Å². The Kier molecular flexibility index (Phi) is 2.31. The van der Waals surface area contributed by atoms with E-state index < -0.39 is 0 Å². The molecular formula is C14H18O2. The van der Waals surface area contributed by atoms with Crippen LogP contribution >= 0.6 is 0 Å². The largest absolute Gasteiger partial charge is 0.490 e. The molecule has 2 atom stereocenters. The van der Waals surface area contributed by atoms with Crippen molar-refractivity contribution in [2.75, 3.05) is 0 Å². The Morgan fingerprint density at radius 2 is 1.88 bits per heavy atom. The highest BCUT2D eigenvalue weighted by Crippen LogP contribution is 2.39. The normalized spacial score (nSPS) is 25.9. The summed E-state index contributed by atoms with van der Waals surface area (Å²) in [5.74, 6) is 2.08. The molecule has 2 unspecified atom stereocenters. The van der Waals surface area contributed by atoms with Crippen molar-refractivity contribution in [3.63, 3.8) is 0 Å². The highest BCUT2D eigenvalue weighted by molar-refractivity contribution is 5.50. The first kappa shape index (κ1) is 10.0. The summed E-state index contributed by atoms with van der Waals surface area (Å²) in [6.45, 7) is 4.32. The highest BCUT2D eigenvalue weighted by Gasteiger charge is 2.27. The van der Waals surface area contributed by atoms with E-state index in [1.165, 1.54) is 17.5 Å². The van der Waals surface area contributed by atoms with Gasteiger partial charge >= 0.3 is 0 Å². The minimum atomic E-state index is 0.323. The minimum Gasteiger partial charge on any atom is -0.490 e. The molecule has 0 aliphatic carbocycles.